The molecule has 0 spiro atoms. The van der Waals surface area contributed by atoms with E-state index in [-0.39, 0.29) is 20.4 Å². The van der Waals surface area contributed by atoms with Crippen LogP contribution in [0.15, 0.2) is 126 Å². The van der Waals surface area contributed by atoms with Crippen molar-refractivity contribution in [2.75, 3.05) is 0 Å². The Hall–Kier alpha value is -2.36. The predicted octanol–water partition coefficient (Wildman–Crippen LogP) is 11.6. The molecule has 0 saturated heterocycles. The summed E-state index contributed by atoms with van der Waals surface area (Å²) in [6, 6.07) is 40.3. The number of nitrogens with one attached hydrogen (secondary N) is 1. The quantitative estimate of drug-likeness (QED) is 0.113. The van der Waals surface area contributed by atoms with Crippen LogP contribution in [-0.4, -0.2) is 12.4 Å². The van der Waals surface area contributed by atoms with Crippen LogP contribution in [0.5, 0.6) is 0 Å². The number of benzene rings is 4. The normalized spacial score (nSPS) is 8.80. The predicted molar refractivity (Wildman–Crippen MR) is 187 cm³/mol. The molecule has 0 aliphatic rings. The van der Waals surface area contributed by atoms with Crippen LogP contribution in [0, 0.1) is 42.5 Å². The van der Waals surface area contributed by atoms with Gasteiger partial charge in [0.2, 0.25) is 0 Å². The van der Waals surface area contributed by atoms with Crippen LogP contribution in [0.1, 0.15) is 43.0 Å². The first kappa shape index (κ1) is 43.1. The summed E-state index contributed by atoms with van der Waals surface area (Å²) < 4.78 is 1.18. The Kier molecular flexibility index (Phi) is 26.7. The van der Waals surface area contributed by atoms with Gasteiger partial charge in [0, 0.05) is 0 Å². The van der Waals surface area contributed by atoms with Crippen molar-refractivity contribution in [2.24, 2.45) is 0 Å². The van der Waals surface area contributed by atoms with Crippen molar-refractivity contribution in [2.45, 2.75) is 33.2 Å². The van der Waals surface area contributed by atoms with E-state index in [9.17, 15) is 0 Å². The molecule has 2 radical (unpaired) electrons. The molecule has 0 aromatic heterocycles. The molecule has 0 saturated carbocycles. The SMILES string of the molecule is CC(C)(C)[NH-].Cc1cc2c(Br)cccc2[cH-]1.[CH2-]c1ccccc1.[CH2-]c1ccccc1.[CH2-]c1ccccc1.[CH3-].[CH3-].[Si]=[Zr]. The molecular weight excluding hydrogens is 658 g/mol. The maximum absolute atomic E-state index is 6.94. The number of rotatable bonds is 0. The van der Waals surface area contributed by atoms with Gasteiger partial charge in [0.25, 0.3) is 0 Å². The maximum atomic E-state index is 6.94. The Bertz CT molecular complexity index is 1170. The van der Waals surface area contributed by atoms with Crippen LogP contribution in [0.25, 0.3) is 16.5 Å². The van der Waals surface area contributed by atoms with Crippen LogP contribution >= 0.6 is 15.9 Å². The van der Waals surface area contributed by atoms with Gasteiger partial charge in [-0.15, -0.1) is 76.5 Å². The van der Waals surface area contributed by atoms with Crippen molar-refractivity contribution in [3.8, 4) is 0 Å². The molecule has 41 heavy (non-hydrogen) atoms. The van der Waals surface area contributed by atoms with Crippen LogP contribution < -0.4 is 0 Å². The second-order valence-corrected chi connectivity index (χ2v) is 10.3. The summed E-state index contributed by atoms with van der Waals surface area (Å²) in [6.45, 7) is 21.9. The zero-order valence-corrected chi connectivity index (χ0v) is 30.6. The number of aryl methyl sites for hydroxylation is 1. The Labute approximate surface area is 277 Å². The molecule has 0 atom stereocenters. The summed E-state index contributed by atoms with van der Waals surface area (Å²) in [6.07, 6.45) is 0. The molecule has 0 heterocycles. The van der Waals surface area contributed by atoms with Gasteiger partial charge in [-0.1, -0.05) is 67.9 Å². The molecule has 220 valence electrons. The van der Waals surface area contributed by atoms with E-state index in [2.05, 4.69) is 80.8 Å². The third kappa shape index (κ3) is 25.1. The average molecular weight is 703 g/mol. The third-order valence-electron chi connectivity index (χ3n) is 4.37. The van der Waals surface area contributed by atoms with E-state index in [0.717, 1.165) is 16.7 Å². The number of fused-ring (bicyclic) bond motifs is 1. The molecule has 5 rings (SSSR count). The molecule has 0 unspecified atom stereocenters. The van der Waals surface area contributed by atoms with E-state index in [0.29, 0.717) is 0 Å². The van der Waals surface area contributed by atoms with E-state index in [4.69, 9.17) is 5.73 Å². The van der Waals surface area contributed by atoms with Crippen molar-refractivity contribution in [1.82, 2.24) is 0 Å². The van der Waals surface area contributed by atoms with Crippen molar-refractivity contribution in [1.29, 1.82) is 0 Å². The van der Waals surface area contributed by atoms with Crippen molar-refractivity contribution in [3.63, 3.8) is 0 Å². The first-order chi connectivity index (χ1) is 18.5. The standard InChI is InChI=1S/C10H8Br.3C7H7.C4H10N.2CH3.Si.Zr/c1-7-5-8-3-2-4-10(11)9(8)6-7;3*1-7-5-3-2-4-6-7;1-4(2,3)5;;;;/h2-6H,1H3;3*2-6H,1H2;5H,1-3H3;2*1H3;;/q7*-1;;. The monoisotopic (exact) mass is 700 g/mol. The molecule has 1 N–H and O–H groups in total. The van der Waals surface area contributed by atoms with Crippen LogP contribution in [-0.2, 0) is 23.3 Å². The molecule has 4 heteroatoms. The Balaban J connectivity index is -0.000000439. The number of halogens is 1. The van der Waals surface area contributed by atoms with Gasteiger partial charge in [-0.25, -0.2) is 0 Å². The summed E-state index contributed by atoms with van der Waals surface area (Å²) >= 11 is 4.87. The third-order valence-corrected chi connectivity index (χ3v) is 5.06. The van der Waals surface area contributed by atoms with E-state index in [1.807, 2.05) is 112 Å². The molecular formula is C37H45BrNSiZr-7. The van der Waals surface area contributed by atoms with Crippen LogP contribution in [0.3, 0.4) is 0 Å². The second-order valence-electron chi connectivity index (χ2n) is 9.48. The summed E-state index contributed by atoms with van der Waals surface area (Å²) in [4.78, 5) is 0. The van der Waals surface area contributed by atoms with E-state index in [1.165, 1.54) is 44.1 Å². The Morgan fingerprint density at radius 1 is 0.659 bits per heavy atom. The van der Waals surface area contributed by atoms with Gasteiger partial charge >= 0.3 is 30.2 Å². The van der Waals surface area contributed by atoms with E-state index in [1.54, 1.807) is 0 Å². The van der Waals surface area contributed by atoms with Crippen LogP contribution in [0.4, 0.5) is 0 Å². The minimum atomic E-state index is -0.250. The summed E-state index contributed by atoms with van der Waals surface area (Å²) in [5, 5.41) is 2.63. The summed E-state index contributed by atoms with van der Waals surface area (Å²) in [7, 11) is 0. The molecule has 0 fully saturated rings. The summed E-state index contributed by atoms with van der Waals surface area (Å²) in [5.41, 5.74) is 11.2. The molecule has 5 aromatic rings. The molecule has 0 aliphatic carbocycles. The van der Waals surface area contributed by atoms with Crippen molar-refractivity contribution in [3.05, 3.63) is 189 Å². The molecule has 0 amide bonds. The number of hydrogen-bond donors (Lipinski definition) is 0. The zero-order valence-electron chi connectivity index (χ0n) is 25.5. The molecule has 0 bridgehead atoms. The van der Waals surface area contributed by atoms with Crippen molar-refractivity contribution < 1.29 is 23.3 Å². The van der Waals surface area contributed by atoms with E-state index < -0.39 is 0 Å². The fourth-order valence-corrected chi connectivity index (χ4v) is 3.28. The Morgan fingerprint density at radius 2 is 0.976 bits per heavy atom. The fraction of sp³-hybridized carbons (Fsp3) is 0.135. The topological polar surface area (TPSA) is 23.8 Å². The zero-order chi connectivity index (χ0) is 29.7. The van der Waals surface area contributed by atoms with Gasteiger partial charge in [0.05, 0.1) is 0 Å². The average Bonchev–Trinajstić information content (AvgIpc) is 3.29. The molecule has 0 aliphatic heterocycles. The van der Waals surface area contributed by atoms with Crippen molar-refractivity contribution >= 4 is 33.6 Å². The molecule has 1 nitrogen and oxygen atoms in total. The van der Waals surface area contributed by atoms with E-state index >= 15 is 0 Å². The Morgan fingerprint density at radius 3 is 1.22 bits per heavy atom. The molecule has 5 aromatic carbocycles. The van der Waals surface area contributed by atoms with Gasteiger partial charge in [-0.05, 0) is 4.47 Å². The summed E-state index contributed by atoms with van der Waals surface area (Å²) in [5.74, 6) is 0. The second kappa shape index (κ2) is 25.4. The van der Waals surface area contributed by atoms with Gasteiger partial charge in [-0.2, -0.15) is 79.9 Å². The van der Waals surface area contributed by atoms with Gasteiger partial charge in [-0.3, -0.25) is 0 Å². The number of hydrogen-bond acceptors (Lipinski definition) is 0. The first-order valence-corrected chi connectivity index (χ1v) is 17.4. The van der Waals surface area contributed by atoms with Gasteiger partial charge in [0.15, 0.2) is 0 Å². The minimum absolute atomic E-state index is 0. The van der Waals surface area contributed by atoms with Gasteiger partial charge < -0.3 is 20.6 Å². The van der Waals surface area contributed by atoms with Gasteiger partial charge in [0.1, 0.15) is 0 Å². The fourth-order valence-electron chi connectivity index (χ4n) is 2.78. The van der Waals surface area contributed by atoms with Crippen LogP contribution in [0.2, 0.25) is 0 Å². The first-order valence-electron chi connectivity index (χ1n) is 12.4.